The predicted octanol–water partition coefficient (Wildman–Crippen LogP) is 4.27. The van der Waals surface area contributed by atoms with Gasteiger partial charge in [-0.1, -0.05) is 28.9 Å². The second-order valence-corrected chi connectivity index (χ2v) is 7.37. The number of rotatable bonds is 3. The van der Waals surface area contributed by atoms with Crippen molar-refractivity contribution in [1.29, 1.82) is 0 Å². The average molecular weight is 385 g/mol. The van der Waals surface area contributed by atoms with E-state index in [2.05, 4.69) is 10.5 Å². The molecule has 7 heteroatoms. The molecular weight excluding hydrogens is 364 g/mol. The molecule has 1 fully saturated rings. The molecule has 3 aromatic rings. The third kappa shape index (κ3) is 3.62. The summed E-state index contributed by atoms with van der Waals surface area (Å²) < 4.78 is 5.53. The van der Waals surface area contributed by atoms with E-state index in [1.807, 2.05) is 42.2 Å². The van der Waals surface area contributed by atoms with Gasteiger partial charge in [-0.05, 0) is 38.0 Å². The summed E-state index contributed by atoms with van der Waals surface area (Å²) in [5, 5.41) is 8.35. The molecule has 0 bridgehead atoms. The van der Waals surface area contributed by atoms with E-state index in [1.54, 1.807) is 6.92 Å². The maximum Gasteiger partial charge on any atom is 0.219 e. The van der Waals surface area contributed by atoms with Crippen LogP contribution in [0.1, 0.15) is 25.5 Å². The minimum Gasteiger partial charge on any atom is -0.379 e. The van der Waals surface area contributed by atoms with Crippen LogP contribution >= 0.6 is 11.6 Å². The monoisotopic (exact) mass is 384 g/mol. The molecule has 0 aliphatic carbocycles. The number of anilines is 1. The molecule has 1 aliphatic rings. The molecular formula is C20H21ClN4O2. The fourth-order valence-electron chi connectivity index (χ4n) is 3.46. The Morgan fingerprint density at radius 3 is 2.63 bits per heavy atom. The lowest BCUT2D eigenvalue weighted by Gasteiger charge is -2.32. The number of carbonyl (C=O) groups excluding carboxylic acids is 1. The van der Waals surface area contributed by atoms with E-state index in [0.717, 1.165) is 54.1 Å². The molecule has 0 radical (unpaired) electrons. The number of nitrogens with zero attached hydrogens (tertiary/aromatic N) is 3. The van der Waals surface area contributed by atoms with Gasteiger partial charge >= 0.3 is 0 Å². The number of likely N-dealkylation sites (tertiary alicyclic amines) is 1. The van der Waals surface area contributed by atoms with Gasteiger partial charge in [0.1, 0.15) is 11.2 Å². The predicted molar refractivity (Wildman–Crippen MR) is 106 cm³/mol. The molecule has 0 spiro atoms. The number of aromatic nitrogens is 2. The van der Waals surface area contributed by atoms with Crippen molar-refractivity contribution in [2.45, 2.75) is 32.7 Å². The van der Waals surface area contributed by atoms with Crippen molar-refractivity contribution in [3.8, 4) is 11.3 Å². The zero-order valence-electron chi connectivity index (χ0n) is 15.3. The minimum atomic E-state index is 0.135. The molecule has 1 N–H and O–H groups in total. The lowest BCUT2D eigenvalue weighted by molar-refractivity contribution is -0.129. The van der Waals surface area contributed by atoms with Crippen LogP contribution in [0.25, 0.3) is 22.4 Å². The SMILES string of the molecule is CC(=O)N1CCC(Nc2cc(-c3ccc(Cl)cc3)nc3c(C)noc23)CC1. The van der Waals surface area contributed by atoms with Gasteiger partial charge in [0, 0.05) is 36.6 Å². The van der Waals surface area contributed by atoms with Crippen molar-refractivity contribution in [2.24, 2.45) is 0 Å². The van der Waals surface area contributed by atoms with Crippen LogP contribution in [-0.2, 0) is 4.79 Å². The Morgan fingerprint density at radius 1 is 1.26 bits per heavy atom. The van der Waals surface area contributed by atoms with E-state index in [0.29, 0.717) is 10.6 Å². The third-order valence-corrected chi connectivity index (χ3v) is 5.28. The number of amides is 1. The van der Waals surface area contributed by atoms with E-state index >= 15 is 0 Å². The van der Waals surface area contributed by atoms with Crippen molar-refractivity contribution >= 4 is 34.3 Å². The van der Waals surface area contributed by atoms with Gasteiger partial charge in [0.2, 0.25) is 11.5 Å². The van der Waals surface area contributed by atoms with Crippen molar-refractivity contribution < 1.29 is 9.32 Å². The smallest absolute Gasteiger partial charge is 0.219 e. The highest BCUT2D eigenvalue weighted by atomic mass is 35.5. The topological polar surface area (TPSA) is 71.3 Å². The number of fused-ring (bicyclic) bond motifs is 1. The highest BCUT2D eigenvalue weighted by Gasteiger charge is 2.22. The van der Waals surface area contributed by atoms with Crippen LogP contribution in [0.4, 0.5) is 5.69 Å². The number of carbonyl (C=O) groups is 1. The summed E-state index contributed by atoms with van der Waals surface area (Å²) in [6.07, 6.45) is 1.79. The number of piperidine rings is 1. The maximum atomic E-state index is 11.5. The average Bonchev–Trinajstić information content (AvgIpc) is 3.04. The van der Waals surface area contributed by atoms with Crippen LogP contribution < -0.4 is 5.32 Å². The largest absolute Gasteiger partial charge is 0.379 e. The Labute approximate surface area is 162 Å². The summed E-state index contributed by atoms with van der Waals surface area (Å²) in [4.78, 5) is 18.1. The highest BCUT2D eigenvalue weighted by molar-refractivity contribution is 6.30. The molecule has 2 aromatic heterocycles. The number of nitrogens with one attached hydrogen (secondary N) is 1. The number of benzene rings is 1. The van der Waals surface area contributed by atoms with Crippen molar-refractivity contribution in [3.63, 3.8) is 0 Å². The van der Waals surface area contributed by atoms with E-state index in [4.69, 9.17) is 21.1 Å². The van der Waals surface area contributed by atoms with Crippen LogP contribution in [-0.4, -0.2) is 40.1 Å². The van der Waals surface area contributed by atoms with Crippen molar-refractivity contribution in [2.75, 3.05) is 18.4 Å². The molecule has 140 valence electrons. The molecule has 6 nitrogen and oxygen atoms in total. The van der Waals surface area contributed by atoms with Crippen LogP contribution in [0.2, 0.25) is 5.02 Å². The number of aryl methyl sites for hydroxylation is 1. The molecule has 1 amide bonds. The standard InChI is InChI=1S/C20H21ClN4O2/c1-12-19-20(27-24-12)18(22-16-7-9-25(10-8-16)13(2)26)11-17(23-19)14-3-5-15(21)6-4-14/h3-6,11,16H,7-10H2,1-2H3,(H,22,23). The Bertz CT molecular complexity index is 976. The zero-order valence-corrected chi connectivity index (χ0v) is 16.1. The minimum absolute atomic E-state index is 0.135. The number of hydrogen-bond donors (Lipinski definition) is 1. The first-order chi connectivity index (χ1) is 13.0. The van der Waals surface area contributed by atoms with Crippen molar-refractivity contribution in [1.82, 2.24) is 15.0 Å². The molecule has 1 saturated heterocycles. The molecule has 0 unspecified atom stereocenters. The second kappa shape index (κ2) is 7.19. The number of halogens is 1. The van der Waals surface area contributed by atoms with E-state index in [9.17, 15) is 4.79 Å². The fourth-order valence-corrected chi connectivity index (χ4v) is 3.59. The Balaban J connectivity index is 1.65. The summed E-state index contributed by atoms with van der Waals surface area (Å²) in [5.74, 6) is 0.135. The Morgan fingerprint density at radius 2 is 1.96 bits per heavy atom. The summed E-state index contributed by atoms with van der Waals surface area (Å²) in [5.41, 5.74) is 4.89. The van der Waals surface area contributed by atoms with E-state index in [-0.39, 0.29) is 11.9 Å². The Hall–Kier alpha value is -2.60. The molecule has 0 saturated carbocycles. The number of hydrogen-bond acceptors (Lipinski definition) is 5. The van der Waals surface area contributed by atoms with Gasteiger partial charge in [-0.25, -0.2) is 4.98 Å². The third-order valence-electron chi connectivity index (χ3n) is 5.03. The van der Waals surface area contributed by atoms with Gasteiger partial charge in [0.15, 0.2) is 0 Å². The van der Waals surface area contributed by atoms with Gasteiger partial charge in [0.25, 0.3) is 0 Å². The fraction of sp³-hybridized carbons (Fsp3) is 0.350. The Kier molecular flexibility index (Phi) is 4.74. The van der Waals surface area contributed by atoms with Gasteiger partial charge in [-0.15, -0.1) is 0 Å². The molecule has 3 heterocycles. The van der Waals surface area contributed by atoms with Crippen LogP contribution in [0, 0.1) is 6.92 Å². The normalized spacial score (nSPS) is 15.3. The first-order valence-corrected chi connectivity index (χ1v) is 9.44. The van der Waals surface area contributed by atoms with Gasteiger partial charge < -0.3 is 14.7 Å². The van der Waals surface area contributed by atoms with Gasteiger partial charge in [0.05, 0.1) is 11.4 Å². The first kappa shape index (κ1) is 17.8. The molecule has 1 aliphatic heterocycles. The van der Waals surface area contributed by atoms with Crippen LogP contribution in [0.5, 0.6) is 0 Å². The maximum absolute atomic E-state index is 11.5. The van der Waals surface area contributed by atoms with Crippen molar-refractivity contribution in [3.05, 3.63) is 41.0 Å². The second-order valence-electron chi connectivity index (χ2n) is 6.93. The summed E-state index contributed by atoms with van der Waals surface area (Å²) in [6.45, 7) is 5.04. The molecule has 27 heavy (non-hydrogen) atoms. The lowest BCUT2D eigenvalue weighted by Crippen LogP contribution is -2.41. The molecule has 0 atom stereocenters. The summed E-state index contributed by atoms with van der Waals surface area (Å²) >= 11 is 6.01. The summed E-state index contributed by atoms with van der Waals surface area (Å²) in [6, 6.07) is 9.88. The lowest BCUT2D eigenvalue weighted by atomic mass is 10.0. The quantitative estimate of drug-likeness (QED) is 0.729. The molecule has 1 aromatic carbocycles. The van der Waals surface area contributed by atoms with Crippen LogP contribution in [0.3, 0.4) is 0 Å². The zero-order chi connectivity index (χ0) is 19.0. The summed E-state index contributed by atoms with van der Waals surface area (Å²) in [7, 11) is 0. The van der Waals surface area contributed by atoms with E-state index in [1.165, 1.54) is 0 Å². The highest BCUT2D eigenvalue weighted by Crippen LogP contribution is 2.31. The molecule has 4 rings (SSSR count). The van der Waals surface area contributed by atoms with E-state index < -0.39 is 0 Å². The van der Waals surface area contributed by atoms with Gasteiger partial charge in [-0.2, -0.15) is 0 Å². The first-order valence-electron chi connectivity index (χ1n) is 9.06. The van der Waals surface area contributed by atoms with Gasteiger partial charge in [-0.3, -0.25) is 4.79 Å². The number of pyridine rings is 1. The van der Waals surface area contributed by atoms with Crippen LogP contribution in [0.15, 0.2) is 34.9 Å².